The van der Waals surface area contributed by atoms with Crippen molar-refractivity contribution < 1.29 is 4.92 Å². The summed E-state index contributed by atoms with van der Waals surface area (Å²) in [4.78, 5) is 29.7. The molecule has 0 amide bonds. The number of nitrogens with one attached hydrogen (secondary N) is 2. The molecule has 1 heterocycles. The van der Waals surface area contributed by atoms with Gasteiger partial charge in [-0.15, -0.1) is 0 Å². The van der Waals surface area contributed by atoms with Crippen molar-refractivity contribution in [3.05, 3.63) is 74.3 Å². The van der Waals surface area contributed by atoms with Crippen molar-refractivity contribution in [3.63, 3.8) is 0 Å². The lowest BCUT2D eigenvalue weighted by atomic mass is 10.1. The van der Waals surface area contributed by atoms with E-state index in [4.69, 9.17) is 0 Å². The third-order valence-electron chi connectivity index (χ3n) is 3.55. The summed E-state index contributed by atoms with van der Waals surface area (Å²) in [6.45, 7) is 0. The summed E-state index contributed by atoms with van der Waals surface area (Å²) in [5.74, 6) is 0.388. The minimum Gasteiger partial charge on any atom is -0.383 e. The molecule has 3 aromatic rings. The van der Waals surface area contributed by atoms with E-state index in [1.807, 2.05) is 6.07 Å². The van der Waals surface area contributed by atoms with Crippen LogP contribution in [0.4, 0.5) is 11.4 Å². The first kappa shape index (κ1) is 15.4. The second kappa shape index (κ2) is 6.33. The lowest BCUT2D eigenvalue weighted by Crippen LogP contribution is -2.09. The standard InChI is InChI=1S/C17H14N4O3/c1-18-14-8-6-11(10-15(14)21(23)24)7-9-16-19-13-5-3-2-4-12(13)17(22)20-16/h2-10,18H,1H3,(H,19,20,22). The van der Waals surface area contributed by atoms with Crippen LogP contribution < -0.4 is 10.9 Å². The second-order valence-electron chi connectivity index (χ2n) is 5.09. The largest absolute Gasteiger partial charge is 0.383 e. The Kier molecular flexibility index (Phi) is 4.07. The van der Waals surface area contributed by atoms with Crippen molar-refractivity contribution in [1.29, 1.82) is 0 Å². The number of rotatable bonds is 4. The number of hydrogen-bond donors (Lipinski definition) is 2. The average molecular weight is 322 g/mol. The molecule has 0 unspecified atom stereocenters. The van der Waals surface area contributed by atoms with Crippen LogP contribution >= 0.6 is 0 Å². The Labute approximate surface area is 136 Å². The van der Waals surface area contributed by atoms with E-state index in [0.29, 0.717) is 28.0 Å². The van der Waals surface area contributed by atoms with Crippen LogP contribution in [0.5, 0.6) is 0 Å². The molecule has 120 valence electrons. The number of anilines is 1. The molecule has 0 saturated heterocycles. The maximum Gasteiger partial charge on any atom is 0.292 e. The topological polar surface area (TPSA) is 101 Å². The zero-order valence-electron chi connectivity index (χ0n) is 12.8. The van der Waals surface area contributed by atoms with Gasteiger partial charge in [0.25, 0.3) is 11.2 Å². The fourth-order valence-electron chi connectivity index (χ4n) is 2.37. The zero-order chi connectivity index (χ0) is 17.1. The van der Waals surface area contributed by atoms with Crippen LogP contribution in [0.2, 0.25) is 0 Å². The molecule has 2 N–H and O–H groups in total. The lowest BCUT2D eigenvalue weighted by Gasteiger charge is -2.03. The van der Waals surface area contributed by atoms with Crippen LogP contribution in [0.25, 0.3) is 23.1 Å². The van der Waals surface area contributed by atoms with Crippen molar-refractivity contribution >= 4 is 34.4 Å². The van der Waals surface area contributed by atoms with Gasteiger partial charge in [-0.05, 0) is 29.8 Å². The Morgan fingerprint density at radius 2 is 2.00 bits per heavy atom. The van der Waals surface area contributed by atoms with Gasteiger partial charge in [0, 0.05) is 13.1 Å². The van der Waals surface area contributed by atoms with Gasteiger partial charge in [0.2, 0.25) is 0 Å². The Hall–Kier alpha value is -3.48. The van der Waals surface area contributed by atoms with Crippen molar-refractivity contribution in [2.45, 2.75) is 0 Å². The molecule has 3 rings (SSSR count). The highest BCUT2D eigenvalue weighted by Crippen LogP contribution is 2.25. The van der Waals surface area contributed by atoms with Crippen LogP contribution in [-0.2, 0) is 0 Å². The normalized spacial score (nSPS) is 11.0. The maximum atomic E-state index is 12.0. The number of nitro benzene ring substituents is 1. The van der Waals surface area contributed by atoms with Gasteiger partial charge in [-0.1, -0.05) is 24.3 Å². The van der Waals surface area contributed by atoms with Crippen molar-refractivity contribution in [3.8, 4) is 0 Å². The van der Waals surface area contributed by atoms with Gasteiger partial charge >= 0.3 is 0 Å². The molecule has 1 aromatic heterocycles. The molecule has 0 aliphatic carbocycles. The second-order valence-corrected chi connectivity index (χ2v) is 5.09. The number of fused-ring (bicyclic) bond motifs is 1. The van der Waals surface area contributed by atoms with Gasteiger partial charge in [-0.2, -0.15) is 0 Å². The highest BCUT2D eigenvalue weighted by atomic mass is 16.6. The molecule has 7 nitrogen and oxygen atoms in total. The molecule has 0 spiro atoms. The quantitative estimate of drug-likeness (QED) is 0.568. The summed E-state index contributed by atoms with van der Waals surface area (Å²) in [5.41, 5.74) is 1.43. The number of aromatic nitrogens is 2. The minimum atomic E-state index is -0.445. The van der Waals surface area contributed by atoms with E-state index in [9.17, 15) is 14.9 Å². The van der Waals surface area contributed by atoms with Crippen molar-refractivity contribution in [1.82, 2.24) is 9.97 Å². The average Bonchev–Trinajstić information content (AvgIpc) is 2.59. The Morgan fingerprint density at radius 1 is 1.21 bits per heavy atom. The monoisotopic (exact) mass is 322 g/mol. The Morgan fingerprint density at radius 3 is 2.75 bits per heavy atom. The molecule has 0 atom stereocenters. The molecule has 0 bridgehead atoms. The van der Waals surface area contributed by atoms with E-state index in [2.05, 4.69) is 15.3 Å². The van der Waals surface area contributed by atoms with E-state index >= 15 is 0 Å². The van der Waals surface area contributed by atoms with Gasteiger partial charge in [0.15, 0.2) is 0 Å². The summed E-state index contributed by atoms with van der Waals surface area (Å²) in [6, 6.07) is 11.9. The lowest BCUT2D eigenvalue weighted by molar-refractivity contribution is -0.383. The predicted molar refractivity (Wildman–Crippen MR) is 93.9 cm³/mol. The Bertz CT molecular complexity index is 1010. The summed E-state index contributed by atoms with van der Waals surface area (Å²) < 4.78 is 0. The summed E-state index contributed by atoms with van der Waals surface area (Å²) in [5, 5.41) is 14.4. The SMILES string of the molecule is CNc1ccc(C=Cc2nc3ccccc3c(=O)[nH]2)cc1[N+](=O)[O-]. The number of nitro groups is 1. The number of aromatic amines is 1. The van der Waals surface area contributed by atoms with Crippen molar-refractivity contribution in [2.75, 3.05) is 12.4 Å². The van der Waals surface area contributed by atoms with Gasteiger partial charge in [0.05, 0.1) is 15.8 Å². The molecular formula is C17H14N4O3. The van der Waals surface area contributed by atoms with Crippen LogP contribution in [0.15, 0.2) is 47.3 Å². The highest BCUT2D eigenvalue weighted by Gasteiger charge is 2.12. The molecule has 0 aliphatic rings. The number of nitrogens with zero attached hydrogens (tertiary/aromatic N) is 2. The third kappa shape index (κ3) is 3.00. The van der Waals surface area contributed by atoms with E-state index in [-0.39, 0.29) is 11.2 Å². The van der Waals surface area contributed by atoms with E-state index < -0.39 is 4.92 Å². The molecular weight excluding hydrogens is 308 g/mol. The number of para-hydroxylation sites is 1. The summed E-state index contributed by atoms with van der Waals surface area (Å²) in [7, 11) is 1.63. The van der Waals surface area contributed by atoms with Gasteiger partial charge in [-0.25, -0.2) is 4.98 Å². The van der Waals surface area contributed by atoms with Gasteiger partial charge in [-0.3, -0.25) is 14.9 Å². The predicted octanol–water partition coefficient (Wildman–Crippen LogP) is 3.04. The van der Waals surface area contributed by atoms with Crippen molar-refractivity contribution in [2.24, 2.45) is 0 Å². The minimum absolute atomic E-state index is 0.0142. The molecule has 0 saturated carbocycles. The summed E-state index contributed by atoms with van der Waals surface area (Å²) >= 11 is 0. The smallest absolute Gasteiger partial charge is 0.292 e. The number of benzene rings is 2. The Balaban J connectivity index is 1.98. The van der Waals surface area contributed by atoms with E-state index in [1.165, 1.54) is 6.07 Å². The molecule has 24 heavy (non-hydrogen) atoms. The van der Waals surface area contributed by atoms with Crippen LogP contribution in [0, 0.1) is 10.1 Å². The highest BCUT2D eigenvalue weighted by molar-refractivity contribution is 5.79. The molecule has 0 radical (unpaired) electrons. The van der Waals surface area contributed by atoms with Crippen LogP contribution in [-0.4, -0.2) is 21.9 Å². The van der Waals surface area contributed by atoms with E-state index in [0.717, 1.165) is 0 Å². The molecule has 0 aliphatic heterocycles. The van der Waals surface area contributed by atoms with Crippen LogP contribution in [0.1, 0.15) is 11.4 Å². The van der Waals surface area contributed by atoms with Gasteiger partial charge in [0.1, 0.15) is 11.5 Å². The molecule has 0 fully saturated rings. The summed E-state index contributed by atoms with van der Waals surface area (Å²) in [6.07, 6.45) is 3.28. The fourth-order valence-corrected chi connectivity index (χ4v) is 2.37. The first-order valence-corrected chi connectivity index (χ1v) is 7.22. The third-order valence-corrected chi connectivity index (χ3v) is 3.55. The number of hydrogen-bond acceptors (Lipinski definition) is 5. The van der Waals surface area contributed by atoms with E-state index in [1.54, 1.807) is 49.5 Å². The molecule has 7 heteroatoms. The first-order chi connectivity index (χ1) is 11.6. The first-order valence-electron chi connectivity index (χ1n) is 7.22. The fraction of sp³-hybridized carbons (Fsp3) is 0.0588. The number of H-pyrrole nitrogens is 1. The van der Waals surface area contributed by atoms with Crippen LogP contribution in [0.3, 0.4) is 0 Å². The maximum absolute atomic E-state index is 12.0. The zero-order valence-corrected chi connectivity index (χ0v) is 12.8. The molecule has 2 aromatic carbocycles. The van der Waals surface area contributed by atoms with Gasteiger partial charge < -0.3 is 10.3 Å².